The smallest absolute Gasteiger partial charge is 0.157 e. The summed E-state index contributed by atoms with van der Waals surface area (Å²) in [4.78, 5) is 4.49. The Hall–Kier alpha value is -2.36. The molecule has 0 aliphatic rings. The summed E-state index contributed by atoms with van der Waals surface area (Å²) in [6, 6.07) is 14.5. The highest BCUT2D eigenvalue weighted by atomic mass is 15.2. The van der Waals surface area contributed by atoms with Crippen molar-refractivity contribution < 1.29 is 0 Å². The summed E-state index contributed by atoms with van der Waals surface area (Å²) in [5, 5.41) is 7.51. The molecule has 20 heavy (non-hydrogen) atoms. The monoisotopic (exact) mass is 266 g/mol. The van der Waals surface area contributed by atoms with Crippen LogP contribution in [-0.2, 0) is 0 Å². The third-order valence-electron chi connectivity index (χ3n) is 3.51. The molecule has 0 amide bonds. The maximum absolute atomic E-state index is 4.49. The largest absolute Gasteiger partial charge is 0.370 e. The van der Waals surface area contributed by atoms with E-state index in [1.165, 1.54) is 5.56 Å². The number of hydrogen-bond acceptors (Lipinski definition) is 3. The zero-order chi connectivity index (χ0) is 13.8. The van der Waals surface area contributed by atoms with Gasteiger partial charge in [-0.05, 0) is 24.0 Å². The fraction of sp³-hybridized carbons (Fsp3) is 0.250. The fourth-order valence-corrected chi connectivity index (χ4v) is 2.28. The molecule has 0 bridgehead atoms. The van der Waals surface area contributed by atoms with E-state index in [2.05, 4.69) is 52.7 Å². The Bertz CT molecular complexity index is 675. The Kier molecular flexibility index (Phi) is 3.63. The molecule has 0 saturated carbocycles. The first kappa shape index (κ1) is 12.7. The van der Waals surface area contributed by atoms with Crippen LogP contribution in [0.25, 0.3) is 5.65 Å². The summed E-state index contributed by atoms with van der Waals surface area (Å²) in [6.45, 7) is 3.16. The third kappa shape index (κ3) is 2.79. The van der Waals surface area contributed by atoms with Crippen LogP contribution in [0, 0.1) is 0 Å². The molecule has 1 N–H and O–H groups in total. The van der Waals surface area contributed by atoms with E-state index in [1.54, 1.807) is 10.7 Å². The molecule has 2 heterocycles. The summed E-state index contributed by atoms with van der Waals surface area (Å²) < 4.78 is 1.76. The molecule has 1 aromatic carbocycles. The molecule has 3 rings (SSSR count). The lowest BCUT2D eigenvalue weighted by Gasteiger charge is -2.12. The van der Waals surface area contributed by atoms with E-state index in [-0.39, 0.29) is 0 Å². The topological polar surface area (TPSA) is 42.2 Å². The Balaban J connectivity index is 1.57. The quantitative estimate of drug-likeness (QED) is 0.770. The minimum absolute atomic E-state index is 0.544. The molecule has 0 spiro atoms. The van der Waals surface area contributed by atoms with Crippen molar-refractivity contribution in [3.8, 4) is 0 Å². The molecule has 3 aromatic rings. The van der Waals surface area contributed by atoms with Gasteiger partial charge in [0.1, 0.15) is 5.82 Å². The number of fused-ring (bicyclic) bond motifs is 1. The molecule has 1 atom stereocenters. The molecule has 0 aliphatic heterocycles. The van der Waals surface area contributed by atoms with E-state index in [4.69, 9.17) is 0 Å². The van der Waals surface area contributed by atoms with Crippen molar-refractivity contribution in [1.29, 1.82) is 0 Å². The predicted octanol–water partition coefficient (Wildman–Crippen LogP) is 3.34. The van der Waals surface area contributed by atoms with Crippen LogP contribution in [0.2, 0.25) is 0 Å². The van der Waals surface area contributed by atoms with Crippen molar-refractivity contribution >= 4 is 11.5 Å². The van der Waals surface area contributed by atoms with Gasteiger partial charge in [0.15, 0.2) is 5.65 Å². The van der Waals surface area contributed by atoms with Crippen molar-refractivity contribution in [2.45, 2.75) is 19.3 Å². The number of hydrogen-bond donors (Lipinski definition) is 1. The van der Waals surface area contributed by atoms with E-state index in [0.29, 0.717) is 5.92 Å². The van der Waals surface area contributed by atoms with Crippen LogP contribution in [0.5, 0.6) is 0 Å². The normalized spacial score (nSPS) is 12.4. The molecular formula is C16H18N4. The van der Waals surface area contributed by atoms with Gasteiger partial charge in [-0.25, -0.2) is 9.50 Å². The predicted molar refractivity (Wildman–Crippen MR) is 81.0 cm³/mol. The number of benzene rings is 1. The first-order chi connectivity index (χ1) is 9.83. The van der Waals surface area contributed by atoms with Crippen molar-refractivity contribution in [3.05, 3.63) is 60.4 Å². The highest BCUT2D eigenvalue weighted by Gasteiger charge is 2.04. The lowest BCUT2D eigenvalue weighted by Crippen LogP contribution is -2.07. The third-order valence-corrected chi connectivity index (χ3v) is 3.51. The van der Waals surface area contributed by atoms with Crippen LogP contribution >= 0.6 is 0 Å². The number of nitrogens with zero attached hydrogens (tertiary/aromatic N) is 3. The van der Waals surface area contributed by atoms with Crippen LogP contribution in [-0.4, -0.2) is 21.1 Å². The summed E-state index contributed by atoms with van der Waals surface area (Å²) in [6.07, 6.45) is 4.75. The summed E-state index contributed by atoms with van der Waals surface area (Å²) >= 11 is 0. The highest BCUT2D eigenvalue weighted by molar-refractivity contribution is 5.45. The maximum atomic E-state index is 4.49. The van der Waals surface area contributed by atoms with Crippen molar-refractivity contribution in [2.24, 2.45) is 0 Å². The molecule has 102 valence electrons. The van der Waals surface area contributed by atoms with Crippen LogP contribution in [0.4, 0.5) is 5.82 Å². The summed E-state index contributed by atoms with van der Waals surface area (Å²) in [7, 11) is 0. The summed E-state index contributed by atoms with van der Waals surface area (Å²) in [5.74, 6) is 1.45. The number of rotatable bonds is 5. The SMILES string of the molecule is CC(CCNc1ccn2nccc2n1)c1ccccc1. The van der Waals surface area contributed by atoms with Gasteiger partial charge in [-0.3, -0.25) is 0 Å². The van der Waals surface area contributed by atoms with E-state index < -0.39 is 0 Å². The number of anilines is 1. The average molecular weight is 266 g/mol. The molecule has 0 radical (unpaired) electrons. The molecule has 4 nitrogen and oxygen atoms in total. The van der Waals surface area contributed by atoms with Gasteiger partial charge in [-0.2, -0.15) is 5.10 Å². The molecule has 4 heteroatoms. The molecule has 1 unspecified atom stereocenters. The first-order valence-corrected chi connectivity index (χ1v) is 6.92. The van der Waals surface area contributed by atoms with Gasteiger partial charge in [0, 0.05) is 18.8 Å². The molecule has 2 aromatic heterocycles. The molecule has 0 saturated heterocycles. The number of aromatic nitrogens is 3. The zero-order valence-corrected chi connectivity index (χ0v) is 11.5. The van der Waals surface area contributed by atoms with Gasteiger partial charge in [-0.1, -0.05) is 37.3 Å². The summed E-state index contributed by atoms with van der Waals surface area (Å²) in [5.41, 5.74) is 2.25. The first-order valence-electron chi connectivity index (χ1n) is 6.92. The van der Waals surface area contributed by atoms with Crippen molar-refractivity contribution in [2.75, 3.05) is 11.9 Å². The Morgan fingerprint density at radius 3 is 2.85 bits per heavy atom. The van der Waals surface area contributed by atoms with Crippen LogP contribution in [0.3, 0.4) is 0 Å². The maximum Gasteiger partial charge on any atom is 0.157 e. The minimum Gasteiger partial charge on any atom is -0.370 e. The average Bonchev–Trinajstić information content (AvgIpc) is 2.95. The van der Waals surface area contributed by atoms with Crippen LogP contribution in [0.15, 0.2) is 54.9 Å². The minimum atomic E-state index is 0.544. The second-order valence-electron chi connectivity index (χ2n) is 4.97. The molecular weight excluding hydrogens is 248 g/mol. The van der Waals surface area contributed by atoms with Gasteiger partial charge < -0.3 is 5.32 Å². The highest BCUT2D eigenvalue weighted by Crippen LogP contribution is 2.18. The van der Waals surface area contributed by atoms with E-state index in [0.717, 1.165) is 24.4 Å². The standard InChI is InChI=1S/C16H18N4/c1-13(14-5-3-2-4-6-14)7-10-17-15-9-12-20-16(19-15)8-11-18-20/h2-6,8-9,11-13H,7,10H2,1H3,(H,17,19). The van der Waals surface area contributed by atoms with Crippen LogP contribution < -0.4 is 5.32 Å². The van der Waals surface area contributed by atoms with Gasteiger partial charge in [-0.15, -0.1) is 0 Å². The second-order valence-corrected chi connectivity index (χ2v) is 4.97. The Labute approximate surface area is 118 Å². The van der Waals surface area contributed by atoms with Gasteiger partial charge in [0.25, 0.3) is 0 Å². The van der Waals surface area contributed by atoms with E-state index in [9.17, 15) is 0 Å². The lowest BCUT2D eigenvalue weighted by molar-refractivity contribution is 0.704. The fourth-order valence-electron chi connectivity index (χ4n) is 2.28. The van der Waals surface area contributed by atoms with Crippen molar-refractivity contribution in [1.82, 2.24) is 14.6 Å². The molecule has 0 aliphatic carbocycles. The number of nitrogens with one attached hydrogen (secondary N) is 1. The lowest BCUT2D eigenvalue weighted by atomic mass is 9.98. The van der Waals surface area contributed by atoms with Crippen LogP contribution in [0.1, 0.15) is 24.8 Å². The van der Waals surface area contributed by atoms with Gasteiger partial charge in [0.05, 0.1) is 6.20 Å². The van der Waals surface area contributed by atoms with Gasteiger partial charge in [0.2, 0.25) is 0 Å². The second kappa shape index (κ2) is 5.74. The zero-order valence-electron chi connectivity index (χ0n) is 11.5. The Morgan fingerprint density at radius 1 is 1.15 bits per heavy atom. The van der Waals surface area contributed by atoms with Crippen molar-refractivity contribution in [3.63, 3.8) is 0 Å². The van der Waals surface area contributed by atoms with Gasteiger partial charge >= 0.3 is 0 Å². The molecule has 0 fully saturated rings. The van der Waals surface area contributed by atoms with E-state index in [1.807, 2.05) is 18.3 Å². The van der Waals surface area contributed by atoms with E-state index >= 15 is 0 Å². The Morgan fingerprint density at radius 2 is 2.00 bits per heavy atom.